The van der Waals surface area contributed by atoms with Crippen molar-refractivity contribution in [3.05, 3.63) is 0 Å². The topological polar surface area (TPSA) is 83.5 Å². The van der Waals surface area contributed by atoms with E-state index in [9.17, 15) is 17.8 Å². The Kier molecular flexibility index (Phi) is 22.4. The van der Waals surface area contributed by atoms with Crippen LogP contribution in [-0.4, -0.2) is 25.4 Å². The maximum atomic E-state index is 11.8. The van der Waals surface area contributed by atoms with Gasteiger partial charge in [0.15, 0.2) is 0 Å². The molecule has 0 radical (unpaired) electrons. The van der Waals surface area contributed by atoms with E-state index in [1.54, 1.807) is 0 Å². The molecule has 7 heteroatoms. The summed E-state index contributed by atoms with van der Waals surface area (Å²) in [5.41, 5.74) is 0. The number of rotatable bonds is 19. The van der Waals surface area contributed by atoms with Crippen molar-refractivity contribution in [2.45, 2.75) is 110 Å². The third-order valence-corrected chi connectivity index (χ3v) is 4.84. The summed E-state index contributed by atoms with van der Waals surface area (Å²) < 4.78 is 34.8. The molecular formula is C19H37NaO5S. The van der Waals surface area contributed by atoms with E-state index >= 15 is 0 Å². The average molecular weight is 401 g/mol. The number of carbonyl (C=O) groups excluding carboxylic acids is 1. The quantitative estimate of drug-likeness (QED) is 0.144. The normalized spacial score (nSPS) is 11.3. The molecule has 0 aliphatic heterocycles. The summed E-state index contributed by atoms with van der Waals surface area (Å²) >= 11 is 0. The summed E-state index contributed by atoms with van der Waals surface area (Å²) in [6, 6.07) is 0. The Morgan fingerprint density at radius 1 is 0.731 bits per heavy atom. The van der Waals surface area contributed by atoms with Gasteiger partial charge in [0.2, 0.25) is 10.4 Å². The van der Waals surface area contributed by atoms with Crippen LogP contribution in [0.25, 0.3) is 0 Å². The fraction of sp³-hybridized carbons (Fsp3) is 0.947. The van der Waals surface area contributed by atoms with Crippen LogP contribution < -0.4 is 29.6 Å². The standard InChI is InChI=1S/C19H38O5S.Na/c1-2-3-4-5-10-13-16-19(20)17-14-11-8-6-7-9-12-15-18-24-25(21,22)23;/h2-18H2,1H3,(H,21,22,23);/q;+1/p-1. The fourth-order valence-electron chi connectivity index (χ4n) is 2.87. The van der Waals surface area contributed by atoms with E-state index in [1.165, 1.54) is 32.1 Å². The first-order valence-electron chi connectivity index (χ1n) is 10.1. The van der Waals surface area contributed by atoms with Crippen molar-refractivity contribution in [1.29, 1.82) is 0 Å². The first kappa shape index (κ1) is 28.7. The molecule has 0 unspecified atom stereocenters. The number of Topliss-reactive ketones (excluding diaryl/α,β-unsaturated/α-hetero) is 1. The number of ketones is 1. The minimum Gasteiger partial charge on any atom is -0.726 e. The van der Waals surface area contributed by atoms with Crippen molar-refractivity contribution in [3.8, 4) is 0 Å². The van der Waals surface area contributed by atoms with Crippen LogP contribution in [0.4, 0.5) is 0 Å². The van der Waals surface area contributed by atoms with Crippen LogP contribution in [0.2, 0.25) is 0 Å². The van der Waals surface area contributed by atoms with Crippen LogP contribution in [0, 0.1) is 0 Å². The Labute approximate surface area is 183 Å². The first-order chi connectivity index (χ1) is 12.0. The molecule has 0 saturated carbocycles. The van der Waals surface area contributed by atoms with Crippen molar-refractivity contribution >= 4 is 16.2 Å². The maximum absolute atomic E-state index is 11.8. The van der Waals surface area contributed by atoms with Gasteiger partial charge in [-0.15, -0.1) is 0 Å². The van der Waals surface area contributed by atoms with Crippen LogP contribution in [0.1, 0.15) is 110 Å². The summed E-state index contributed by atoms with van der Waals surface area (Å²) in [6.07, 6.45) is 16.9. The minimum absolute atomic E-state index is 0. The molecule has 0 atom stereocenters. The molecule has 0 fully saturated rings. The van der Waals surface area contributed by atoms with Crippen molar-refractivity contribution in [2.75, 3.05) is 6.61 Å². The monoisotopic (exact) mass is 400 g/mol. The van der Waals surface area contributed by atoms with Gasteiger partial charge >= 0.3 is 29.6 Å². The van der Waals surface area contributed by atoms with Gasteiger partial charge in [0, 0.05) is 12.8 Å². The average Bonchev–Trinajstić information content (AvgIpc) is 2.54. The van der Waals surface area contributed by atoms with E-state index < -0.39 is 10.4 Å². The van der Waals surface area contributed by atoms with E-state index in [-0.39, 0.29) is 36.2 Å². The van der Waals surface area contributed by atoms with E-state index in [0.29, 0.717) is 12.2 Å². The fourth-order valence-corrected chi connectivity index (χ4v) is 3.20. The van der Waals surface area contributed by atoms with Gasteiger partial charge < -0.3 is 4.55 Å². The Morgan fingerprint density at radius 2 is 1.12 bits per heavy atom. The molecule has 0 aliphatic carbocycles. The zero-order valence-corrected chi connectivity index (χ0v) is 19.8. The van der Waals surface area contributed by atoms with Gasteiger partial charge in [-0.25, -0.2) is 8.42 Å². The molecule has 0 saturated heterocycles. The predicted molar refractivity (Wildman–Crippen MR) is 100 cm³/mol. The van der Waals surface area contributed by atoms with Crippen LogP contribution in [-0.2, 0) is 19.4 Å². The van der Waals surface area contributed by atoms with Crippen LogP contribution in [0.5, 0.6) is 0 Å². The number of hydrogen-bond acceptors (Lipinski definition) is 5. The summed E-state index contributed by atoms with van der Waals surface area (Å²) in [4.78, 5) is 11.8. The predicted octanol–water partition coefficient (Wildman–Crippen LogP) is 2.30. The molecule has 0 amide bonds. The number of unbranched alkanes of at least 4 members (excludes halogenated alkanes) is 12. The molecule has 0 bridgehead atoms. The summed E-state index contributed by atoms with van der Waals surface area (Å²) in [5, 5.41) is 0. The van der Waals surface area contributed by atoms with Gasteiger partial charge in [0.05, 0.1) is 6.61 Å². The molecular weight excluding hydrogens is 363 g/mol. The molecule has 150 valence electrons. The Morgan fingerprint density at radius 3 is 1.54 bits per heavy atom. The van der Waals surface area contributed by atoms with E-state index in [1.807, 2.05) is 0 Å². The second-order valence-corrected chi connectivity index (χ2v) is 7.92. The van der Waals surface area contributed by atoms with Crippen molar-refractivity contribution < 1.29 is 51.5 Å². The molecule has 0 aromatic heterocycles. The van der Waals surface area contributed by atoms with E-state index in [2.05, 4.69) is 11.1 Å². The summed E-state index contributed by atoms with van der Waals surface area (Å²) in [5.74, 6) is 0.420. The van der Waals surface area contributed by atoms with Crippen molar-refractivity contribution in [1.82, 2.24) is 0 Å². The molecule has 0 aromatic carbocycles. The van der Waals surface area contributed by atoms with Gasteiger partial charge in [0.25, 0.3) is 0 Å². The Hall–Kier alpha value is 0.540. The smallest absolute Gasteiger partial charge is 0.726 e. The first-order valence-corrected chi connectivity index (χ1v) is 11.4. The van der Waals surface area contributed by atoms with Crippen molar-refractivity contribution in [3.63, 3.8) is 0 Å². The van der Waals surface area contributed by atoms with Crippen LogP contribution in [0.15, 0.2) is 0 Å². The maximum Gasteiger partial charge on any atom is 1.00 e. The van der Waals surface area contributed by atoms with Crippen LogP contribution >= 0.6 is 0 Å². The van der Waals surface area contributed by atoms with E-state index in [4.69, 9.17) is 0 Å². The number of hydrogen-bond donors (Lipinski definition) is 0. The molecule has 0 N–H and O–H groups in total. The van der Waals surface area contributed by atoms with Gasteiger partial charge in [0.1, 0.15) is 5.78 Å². The minimum atomic E-state index is -4.53. The summed E-state index contributed by atoms with van der Waals surface area (Å²) in [6.45, 7) is 2.21. The van der Waals surface area contributed by atoms with Gasteiger partial charge in [-0.05, 0) is 19.3 Å². The van der Waals surface area contributed by atoms with Gasteiger partial charge in [-0.1, -0.05) is 77.6 Å². The largest absolute Gasteiger partial charge is 1.00 e. The molecule has 0 aromatic rings. The molecule has 0 rings (SSSR count). The molecule has 5 nitrogen and oxygen atoms in total. The summed E-state index contributed by atoms with van der Waals surface area (Å²) in [7, 11) is -4.53. The third-order valence-electron chi connectivity index (χ3n) is 4.39. The molecule has 26 heavy (non-hydrogen) atoms. The second kappa shape index (κ2) is 20.3. The van der Waals surface area contributed by atoms with Gasteiger partial charge in [-0.2, -0.15) is 0 Å². The zero-order valence-electron chi connectivity index (χ0n) is 17.0. The van der Waals surface area contributed by atoms with Gasteiger partial charge in [-0.3, -0.25) is 8.98 Å². The second-order valence-electron chi connectivity index (χ2n) is 6.87. The Balaban J connectivity index is 0. The van der Waals surface area contributed by atoms with Crippen LogP contribution in [0.3, 0.4) is 0 Å². The number of carbonyl (C=O) groups is 1. The molecule has 0 aliphatic rings. The zero-order chi connectivity index (χ0) is 18.8. The van der Waals surface area contributed by atoms with E-state index in [0.717, 1.165) is 64.2 Å². The molecule has 0 spiro atoms. The van der Waals surface area contributed by atoms with Crippen molar-refractivity contribution in [2.24, 2.45) is 0 Å². The Bertz CT molecular complexity index is 412. The molecule has 0 heterocycles. The SMILES string of the molecule is CCCCCCCCC(=O)CCCCCCCCCCOS(=O)(=O)[O-].[Na+]. The third kappa shape index (κ3) is 24.5.